The van der Waals surface area contributed by atoms with E-state index in [1.807, 2.05) is 19.9 Å². The minimum atomic E-state index is -0.313. The summed E-state index contributed by atoms with van der Waals surface area (Å²) in [6.07, 6.45) is 0.948. The van der Waals surface area contributed by atoms with Crippen LogP contribution in [0.2, 0.25) is 0 Å². The highest BCUT2D eigenvalue weighted by Gasteiger charge is 2.10. The van der Waals surface area contributed by atoms with E-state index in [1.165, 1.54) is 12.1 Å². The molecule has 0 aliphatic carbocycles. The molecule has 0 aliphatic heterocycles. The van der Waals surface area contributed by atoms with Gasteiger partial charge in [-0.15, -0.1) is 0 Å². The Bertz CT molecular complexity index is 598. The van der Waals surface area contributed by atoms with Crippen LogP contribution in [0.5, 0.6) is 6.01 Å². The second-order valence-electron chi connectivity index (χ2n) is 4.64. The number of aryl methyl sites for hydroxylation is 1. The molecule has 1 aromatic heterocycles. The topological polar surface area (TPSA) is 59.9 Å². The fourth-order valence-electron chi connectivity index (χ4n) is 1.86. The van der Waals surface area contributed by atoms with Crippen molar-refractivity contribution in [2.24, 2.45) is 0 Å². The molecule has 0 saturated heterocycles. The summed E-state index contributed by atoms with van der Waals surface area (Å²) in [5.74, 6) is 0.522. The molecule has 1 heterocycles. The molecule has 112 valence electrons. The van der Waals surface area contributed by atoms with Crippen molar-refractivity contribution in [1.82, 2.24) is 15.0 Å². The van der Waals surface area contributed by atoms with Gasteiger partial charge in [0.15, 0.2) is 5.82 Å². The molecule has 2 aromatic rings. The first-order valence-electron chi connectivity index (χ1n) is 7.02. The van der Waals surface area contributed by atoms with E-state index in [9.17, 15) is 4.39 Å². The smallest absolute Gasteiger partial charge is 0.321 e. The summed E-state index contributed by atoms with van der Waals surface area (Å²) in [6, 6.07) is 4.94. The molecule has 5 nitrogen and oxygen atoms in total. The quantitative estimate of drug-likeness (QED) is 0.885. The predicted molar refractivity (Wildman–Crippen MR) is 79.9 cm³/mol. The maximum Gasteiger partial charge on any atom is 0.321 e. The van der Waals surface area contributed by atoms with E-state index in [4.69, 9.17) is 4.74 Å². The van der Waals surface area contributed by atoms with Crippen LogP contribution >= 0.6 is 0 Å². The number of ether oxygens (including phenoxy) is 1. The normalized spacial score (nSPS) is 10.5. The monoisotopic (exact) mass is 290 g/mol. The number of halogens is 1. The molecule has 1 N–H and O–H groups in total. The molecule has 6 heteroatoms. The molecule has 0 spiro atoms. The highest BCUT2D eigenvalue weighted by atomic mass is 19.1. The van der Waals surface area contributed by atoms with Gasteiger partial charge in [0.25, 0.3) is 0 Å². The van der Waals surface area contributed by atoms with E-state index < -0.39 is 0 Å². The zero-order valence-corrected chi connectivity index (χ0v) is 12.5. The molecule has 0 fully saturated rings. The summed E-state index contributed by atoms with van der Waals surface area (Å²) in [4.78, 5) is 12.7. The van der Waals surface area contributed by atoms with Crippen molar-refractivity contribution in [1.29, 1.82) is 0 Å². The van der Waals surface area contributed by atoms with Gasteiger partial charge in [-0.25, -0.2) is 4.39 Å². The average Bonchev–Trinajstić information content (AvgIpc) is 2.44. The molecule has 2 rings (SSSR count). The van der Waals surface area contributed by atoms with Gasteiger partial charge in [-0.1, -0.05) is 6.92 Å². The van der Waals surface area contributed by atoms with Gasteiger partial charge < -0.3 is 10.1 Å². The van der Waals surface area contributed by atoms with E-state index in [-0.39, 0.29) is 11.8 Å². The standard InChI is InChI=1S/C15H19FN4O/c1-4-6-17-14-18-13(19-15(20-14)21-5-2)11-7-10(3)8-12(16)9-11/h7-9H,4-6H2,1-3H3,(H,17,18,19,20). The van der Waals surface area contributed by atoms with Crippen LogP contribution in [-0.4, -0.2) is 28.1 Å². The van der Waals surface area contributed by atoms with Gasteiger partial charge in [0, 0.05) is 12.1 Å². The molecule has 0 bridgehead atoms. The minimum absolute atomic E-state index is 0.239. The van der Waals surface area contributed by atoms with Crippen molar-refractivity contribution < 1.29 is 9.13 Å². The SMILES string of the molecule is CCCNc1nc(OCC)nc(-c2cc(C)cc(F)c2)n1. The second kappa shape index (κ2) is 6.97. The highest BCUT2D eigenvalue weighted by Crippen LogP contribution is 2.21. The third-order valence-electron chi connectivity index (χ3n) is 2.72. The van der Waals surface area contributed by atoms with E-state index in [1.54, 1.807) is 0 Å². The lowest BCUT2D eigenvalue weighted by atomic mass is 10.1. The summed E-state index contributed by atoms with van der Waals surface area (Å²) >= 11 is 0. The predicted octanol–water partition coefficient (Wildman–Crippen LogP) is 3.21. The average molecular weight is 290 g/mol. The molecule has 1 aromatic carbocycles. The first-order valence-corrected chi connectivity index (χ1v) is 7.02. The molecule has 0 radical (unpaired) electrons. The van der Waals surface area contributed by atoms with E-state index >= 15 is 0 Å². The third-order valence-corrected chi connectivity index (χ3v) is 2.72. The summed E-state index contributed by atoms with van der Waals surface area (Å²) in [6.45, 7) is 6.94. The van der Waals surface area contributed by atoms with Gasteiger partial charge in [0.1, 0.15) is 5.82 Å². The third kappa shape index (κ3) is 4.11. The number of hydrogen-bond donors (Lipinski definition) is 1. The first-order chi connectivity index (χ1) is 10.1. The summed E-state index contributed by atoms with van der Waals surface area (Å²) in [5, 5.41) is 3.10. The summed E-state index contributed by atoms with van der Waals surface area (Å²) in [7, 11) is 0. The Balaban J connectivity index is 2.42. The van der Waals surface area contributed by atoms with E-state index in [0.717, 1.165) is 18.5 Å². The fourth-order valence-corrected chi connectivity index (χ4v) is 1.86. The Labute approximate surface area is 123 Å². The second-order valence-corrected chi connectivity index (χ2v) is 4.64. The van der Waals surface area contributed by atoms with Crippen molar-refractivity contribution in [3.63, 3.8) is 0 Å². The van der Waals surface area contributed by atoms with Gasteiger partial charge in [0.2, 0.25) is 5.95 Å². The van der Waals surface area contributed by atoms with Gasteiger partial charge in [0.05, 0.1) is 6.61 Å². The minimum Gasteiger partial charge on any atom is -0.464 e. The van der Waals surface area contributed by atoms with E-state index in [0.29, 0.717) is 23.9 Å². The Morgan fingerprint density at radius 2 is 1.95 bits per heavy atom. The number of hydrogen-bond acceptors (Lipinski definition) is 5. The van der Waals surface area contributed by atoms with Crippen molar-refractivity contribution in [2.45, 2.75) is 27.2 Å². The van der Waals surface area contributed by atoms with Crippen molar-refractivity contribution in [3.8, 4) is 17.4 Å². The van der Waals surface area contributed by atoms with Gasteiger partial charge in [-0.2, -0.15) is 15.0 Å². The Kier molecular flexibility index (Phi) is 5.03. The largest absolute Gasteiger partial charge is 0.464 e. The van der Waals surface area contributed by atoms with Gasteiger partial charge >= 0.3 is 6.01 Å². The molecule has 0 amide bonds. The number of nitrogens with one attached hydrogen (secondary N) is 1. The highest BCUT2D eigenvalue weighted by molar-refractivity contribution is 5.57. The summed E-state index contributed by atoms with van der Waals surface area (Å²) in [5.41, 5.74) is 1.42. The Morgan fingerprint density at radius 1 is 1.14 bits per heavy atom. The van der Waals surface area contributed by atoms with Crippen molar-refractivity contribution in [3.05, 3.63) is 29.6 Å². The van der Waals surface area contributed by atoms with Crippen LogP contribution in [0.25, 0.3) is 11.4 Å². The molecular weight excluding hydrogens is 271 g/mol. The van der Waals surface area contributed by atoms with Crippen molar-refractivity contribution in [2.75, 3.05) is 18.5 Å². The first kappa shape index (κ1) is 15.2. The Hall–Kier alpha value is -2.24. The van der Waals surface area contributed by atoms with E-state index in [2.05, 4.69) is 27.2 Å². The number of rotatable bonds is 6. The number of nitrogens with zero attached hydrogens (tertiary/aromatic N) is 3. The van der Waals surface area contributed by atoms with Crippen LogP contribution in [0.3, 0.4) is 0 Å². The number of aromatic nitrogens is 3. The maximum atomic E-state index is 13.5. The fraction of sp³-hybridized carbons (Fsp3) is 0.400. The van der Waals surface area contributed by atoms with Gasteiger partial charge in [-0.3, -0.25) is 0 Å². The molecule has 21 heavy (non-hydrogen) atoms. The molecule has 0 saturated carbocycles. The van der Waals surface area contributed by atoms with Crippen LogP contribution in [0.1, 0.15) is 25.8 Å². The van der Waals surface area contributed by atoms with Crippen molar-refractivity contribution >= 4 is 5.95 Å². The van der Waals surface area contributed by atoms with Crippen LogP contribution in [-0.2, 0) is 0 Å². The lowest BCUT2D eigenvalue weighted by molar-refractivity contribution is 0.312. The van der Waals surface area contributed by atoms with Crippen LogP contribution in [0.15, 0.2) is 18.2 Å². The zero-order valence-electron chi connectivity index (χ0n) is 12.5. The Morgan fingerprint density at radius 3 is 2.62 bits per heavy atom. The van der Waals surface area contributed by atoms with Crippen LogP contribution in [0, 0.1) is 12.7 Å². The van der Waals surface area contributed by atoms with Gasteiger partial charge in [-0.05, 0) is 44.0 Å². The molecular formula is C15H19FN4O. The van der Waals surface area contributed by atoms with Crippen LogP contribution in [0.4, 0.5) is 10.3 Å². The molecule has 0 aliphatic rings. The number of anilines is 1. The van der Waals surface area contributed by atoms with Crippen LogP contribution < -0.4 is 10.1 Å². The maximum absolute atomic E-state index is 13.5. The number of benzene rings is 1. The zero-order chi connectivity index (χ0) is 15.2. The lowest BCUT2D eigenvalue weighted by Crippen LogP contribution is -2.08. The molecule has 0 unspecified atom stereocenters. The lowest BCUT2D eigenvalue weighted by Gasteiger charge is -2.09. The summed E-state index contributed by atoms with van der Waals surface area (Å²) < 4.78 is 18.9. The molecule has 0 atom stereocenters.